The molecule has 0 radical (unpaired) electrons. The lowest BCUT2D eigenvalue weighted by molar-refractivity contribution is 0.103. The Kier molecular flexibility index (Phi) is 3.02. The van der Waals surface area contributed by atoms with Crippen molar-refractivity contribution in [3.8, 4) is 6.07 Å². The number of aryl methyl sites for hydroxylation is 1. The average molecular weight is 221 g/mol. The molecule has 0 atom stereocenters. The van der Waals surface area contributed by atoms with Crippen molar-refractivity contribution >= 4 is 5.78 Å². The molecular formula is C15H11NO. The highest BCUT2D eigenvalue weighted by atomic mass is 16.1. The number of rotatable bonds is 2. The van der Waals surface area contributed by atoms with Crippen molar-refractivity contribution in [2.75, 3.05) is 0 Å². The SMILES string of the molecule is Cc1cccc(C(=O)c2ccccc2)c1C#N. The van der Waals surface area contributed by atoms with Crippen molar-refractivity contribution in [2.24, 2.45) is 0 Å². The van der Waals surface area contributed by atoms with Gasteiger partial charge in [-0.25, -0.2) is 0 Å². The van der Waals surface area contributed by atoms with E-state index in [2.05, 4.69) is 6.07 Å². The Labute approximate surface area is 100 Å². The van der Waals surface area contributed by atoms with Crippen LogP contribution in [0.2, 0.25) is 0 Å². The predicted molar refractivity (Wildman–Crippen MR) is 65.8 cm³/mol. The summed E-state index contributed by atoms with van der Waals surface area (Å²) in [4.78, 5) is 12.2. The third-order valence-electron chi connectivity index (χ3n) is 2.67. The number of carbonyl (C=O) groups excluding carboxylic acids is 1. The van der Waals surface area contributed by atoms with Crippen molar-refractivity contribution in [3.05, 3.63) is 70.8 Å². The maximum absolute atomic E-state index is 12.2. The molecule has 0 unspecified atom stereocenters. The van der Waals surface area contributed by atoms with Gasteiger partial charge in [0.1, 0.15) is 6.07 Å². The number of nitriles is 1. The van der Waals surface area contributed by atoms with Crippen molar-refractivity contribution in [2.45, 2.75) is 6.92 Å². The van der Waals surface area contributed by atoms with Crippen LogP contribution in [0.3, 0.4) is 0 Å². The van der Waals surface area contributed by atoms with E-state index in [0.29, 0.717) is 16.7 Å². The lowest BCUT2D eigenvalue weighted by Crippen LogP contribution is -2.04. The first kappa shape index (κ1) is 11.1. The van der Waals surface area contributed by atoms with Gasteiger partial charge in [0.2, 0.25) is 0 Å². The fourth-order valence-electron chi connectivity index (χ4n) is 1.75. The van der Waals surface area contributed by atoms with Crippen molar-refractivity contribution in [1.29, 1.82) is 5.26 Å². The molecule has 0 spiro atoms. The van der Waals surface area contributed by atoms with Crippen LogP contribution in [0, 0.1) is 18.3 Å². The largest absolute Gasteiger partial charge is 0.289 e. The monoisotopic (exact) mass is 221 g/mol. The molecule has 0 amide bonds. The van der Waals surface area contributed by atoms with Crippen molar-refractivity contribution in [3.63, 3.8) is 0 Å². The zero-order chi connectivity index (χ0) is 12.3. The molecular weight excluding hydrogens is 210 g/mol. The van der Waals surface area contributed by atoms with Crippen LogP contribution in [0.15, 0.2) is 48.5 Å². The summed E-state index contributed by atoms with van der Waals surface area (Å²) in [6.07, 6.45) is 0. The topological polar surface area (TPSA) is 40.9 Å². The summed E-state index contributed by atoms with van der Waals surface area (Å²) in [5.41, 5.74) is 2.36. The summed E-state index contributed by atoms with van der Waals surface area (Å²) in [7, 11) is 0. The first-order valence-corrected chi connectivity index (χ1v) is 5.33. The van der Waals surface area contributed by atoms with Gasteiger partial charge < -0.3 is 0 Å². The number of benzene rings is 2. The lowest BCUT2D eigenvalue weighted by atomic mass is 9.96. The maximum atomic E-state index is 12.2. The number of carbonyl (C=O) groups is 1. The molecule has 2 heteroatoms. The van der Waals surface area contributed by atoms with Gasteiger partial charge in [-0.3, -0.25) is 4.79 Å². The van der Waals surface area contributed by atoms with Gasteiger partial charge in [0, 0.05) is 11.1 Å². The van der Waals surface area contributed by atoms with Gasteiger partial charge in [-0.1, -0.05) is 42.5 Å². The molecule has 82 valence electrons. The lowest BCUT2D eigenvalue weighted by Gasteiger charge is -2.05. The highest BCUT2D eigenvalue weighted by Gasteiger charge is 2.14. The minimum Gasteiger partial charge on any atom is -0.289 e. The molecule has 0 bridgehead atoms. The van der Waals surface area contributed by atoms with Crippen molar-refractivity contribution in [1.82, 2.24) is 0 Å². The van der Waals surface area contributed by atoms with Gasteiger partial charge in [-0.15, -0.1) is 0 Å². The van der Waals surface area contributed by atoms with E-state index in [0.717, 1.165) is 5.56 Å². The molecule has 0 saturated heterocycles. The molecule has 0 aliphatic heterocycles. The van der Waals surface area contributed by atoms with Crippen LogP contribution in [0.4, 0.5) is 0 Å². The second-order valence-corrected chi connectivity index (χ2v) is 3.80. The maximum Gasteiger partial charge on any atom is 0.194 e. The van der Waals surface area contributed by atoms with E-state index < -0.39 is 0 Å². The minimum absolute atomic E-state index is 0.106. The Morgan fingerprint density at radius 1 is 1.06 bits per heavy atom. The third kappa shape index (κ3) is 2.09. The average Bonchev–Trinajstić information content (AvgIpc) is 2.38. The summed E-state index contributed by atoms with van der Waals surface area (Å²) in [6.45, 7) is 1.83. The molecule has 2 rings (SSSR count). The summed E-state index contributed by atoms with van der Waals surface area (Å²) in [6, 6.07) is 16.4. The Morgan fingerprint density at radius 2 is 1.76 bits per heavy atom. The molecule has 17 heavy (non-hydrogen) atoms. The molecule has 0 aliphatic carbocycles. The van der Waals surface area contributed by atoms with Crippen molar-refractivity contribution < 1.29 is 4.79 Å². The summed E-state index contributed by atoms with van der Waals surface area (Å²) >= 11 is 0. The van der Waals surface area contributed by atoms with Crippen LogP contribution < -0.4 is 0 Å². The molecule has 0 heterocycles. The summed E-state index contributed by atoms with van der Waals surface area (Å²) in [5, 5.41) is 9.09. The quantitative estimate of drug-likeness (QED) is 0.731. The molecule has 0 N–H and O–H groups in total. The molecule has 2 aromatic rings. The first-order valence-electron chi connectivity index (χ1n) is 5.33. The van der Waals surface area contributed by atoms with Crippen LogP contribution in [-0.4, -0.2) is 5.78 Å². The van der Waals surface area contributed by atoms with E-state index in [1.54, 1.807) is 24.3 Å². The van der Waals surface area contributed by atoms with E-state index in [1.165, 1.54) is 0 Å². The Balaban J connectivity index is 2.53. The highest BCUT2D eigenvalue weighted by molar-refractivity contribution is 6.10. The Bertz CT molecular complexity index is 594. The van der Waals surface area contributed by atoms with Gasteiger partial charge in [0.25, 0.3) is 0 Å². The molecule has 0 saturated carbocycles. The fourth-order valence-corrected chi connectivity index (χ4v) is 1.75. The molecule has 0 aromatic heterocycles. The van der Waals surface area contributed by atoms with Crippen LogP contribution in [0.1, 0.15) is 27.0 Å². The van der Waals surface area contributed by atoms with E-state index in [-0.39, 0.29) is 5.78 Å². The van der Waals surface area contributed by atoms with Crippen LogP contribution >= 0.6 is 0 Å². The van der Waals surface area contributed by atoms with Crippen LogP contribution in [-0.2, 0) is 0 Å². The van der Waals surface area contributed by atoms with Crippen LogP contribution in [0.25, 0.3) is 0 Å². The standard InChI is InChI=1S/C15H11NO/c1-11-6-5-9-13(14(11)10-16)15(17)12-7-3-2-4-8-12/h2-9H,1H3. The number of nitrogens with zero attached hydrogens (tertiary/aromatic N) is 1. The minimum atomic E-state index is -0.106. The van der Waals surface area contributed by atoms with E-state index in [9.17, 15) is 4.79 Å². The zero-order valence-electron chi connectivity index (χ0n) is 9.47. The van der Waals surface area contributed by atoms with Gasteiger partial charge >= 0.3 is 0 Å². The third-order valence-corrected chi connectivity index (χ3v) is 2.67. The summed E-state index contributed by atoms with van der Waals surface area (Å²) < 4.78 is 0. The number of hydrogen-bond donors (Lipinski definition) is 0. The van der Waals surface area contributed by atoms with Gasteiger partial charge in [-0.2, -0.15) is 5.26 Å². The normalized spacial score (nSPS) is 9.65. The smallest absolute Gasteiger partial charge is 0.194 e. The fraction of sp³-hybridized carbons (Fsp3) is 0.0667. The predicted octanol–water partition coefficient (Wildman–Crippen LogP) is 3.10. The molecule has 2 nitrogen and oxygen atoms in total. The van der Waals surface area contributed by atoms with Gasteiger partial charge in [-0.05, 0) is 18.6 Å². The Hall–Kier alpha value is -2.40. The molecule has 0 fully saturated rings. The van der Waals surface area contributed by atoms with Gasteiger partial charge in [0.15, 0.2) is 5.78 Å². The van der Waals surface area contributed by atoms with Crippen LogP contribution in [0.5, 0.6) is 0 Å². The van der Waals surface area contributed by atoms with E-state index in [1.807, 2.05) is 31.2 Å². The zero-order valence-corrected chi connectivity index (χ0v) is 9.47. The summed E-state index contributed by atoms with van der Waals surface area (Å²) in [5.74, 6) is -0.106. The molecule has 2 aromatic carbocycles. The van der Waals surface area contributed by atoms with Gasteiger partial charge in [0.05, 0.1) is 5.56 Å². The first-order chi connectivity index (χ1) is 8.24. The van der Waals surface area contributed by atoms with E-state index >= 15 is 0 Å². The van der Waals surface area contributed by atoms with E-state index in [4.69, 9.17) is 5.26 Å². The second-order valence-electron chi connectivity index (χ2n) is 3.80. The number of hydrogen-bond acceptors (Lipinski definition) is 2. The Morgan fingerprint density at radius 3 is 2.41 bits per heavy atom. The highest BCUT2D eigenvalue weighted by Crippen LogP contribution is 2.17. The number of ketones is 1. The molecule has 0 aliphatic rings. The second kappa shape index (κ2) is 4.63.